The second-order valence-corrected chi connectivity index (χ2v) is 6.02. The van der Waals surface area contributed by atoms with E-state index < -0.39 is 0 Å². The largest absolute Gasteiger partial charge is 0.508 e. The van der Waals surface area contributed by atoms with E-state index in [1.54, 1.807) is 12.1 Å². The molecule has 0 saturated carbocycles. The molecule has 2 aromatic rings. The lowest BCUT2D eigenvalue weighted by molar-refractivity contribution is 0.174. The van der Waals surface area contributed by atoms with Crippen LogP contribution in [0.15, 0.2) is 36.4 Å². The molecule has 4 heteroatoms. The van der Waals surface area contributed by atoms with Crippen molar-refractivity contribution >= 4 is 0 Å². The SMILES string of the molecule is CN1CCc2cc3c(cc2C1Cc1ccc(O)cc1)OCO3. The summed E-state index contributed by atoms with van der Waals surface area (Å²) in [5, 5.41) is 9.44. The van der Waals surface area contributed by atoms with Crippen molar-refractivity contribution in [3.05, 3.63) is 53.1 Å². The van der Waals surface area contributed by atoms with Crippen LogP contribution in [-0.2, 0) is 12.8 Å². The summed E-state index contributed by atoms with van der Waals surface area (Å²) in [5.41, 5.74) is 3.90. The average molecular weight is 297 g/mol. The Morgan fingerprint density at radius 1 is 1.14 bits per heavy atom. The van der Waals surface area contributed by atoms with Crippen molar-refractivity contribution in [1.82, 2.24) is 4.90 Å². The van der Waals surface area contributed by atoms with Gasteiger partial charge in [0.15, 0.2) is 11.5 Å². The molecule has 0 radical (unpaired) electrons. The number of ether oxygens (including phenoxy) is 2. The molecule has 0 aliphatic carbocycles. The van der Waals surface area contributed by atoms with Crippen molar-refractivity contribution < 1.29 is 14.6 Å². The first kappa shape index (κ1) is 13.5. The van der Waals surface area contributed by atoms with Crippen LogP contribution in [0.4, 0.5) is 0 Å². The Balaban J connectivity index is 1.69. The van der Waals surface area contributed by atoms with Crippen LogP contribution in [0.1, 0.15) is 22.7 Å². The first-order valence-electron chi connectivity index (χ1n) is 7.61. The zero-order chi connectivity index (χ0) is 15.1. The monoisotopic (exact) mass is 297 g/mol. The Bertz CT molecular complexity index is 696. The van der Waals surface area contributed by atoms with Gasteiger partial charge in [-0.25, -0.2) is 0 Å². The van der Waals surface area contributed by atoms with Crippen molar-refractivity contribution in [2.24, 2.45) is 0 Å². The fourth-order valence-corrected chi connectivity index (χ4v) is 3.34. The summed E-state index contributed by atoms with van der Waals surface area (Å²) in [6.45, 7) is 1.35. The highest BCUT2D eigenvalue weighted by Gasteiger charge is 2.28. The maximum absolute atomic E-state index is 9.44. The maximum atomic E-state index is 9.44. The summed E-state index contributed by atoms with van der Waals surface area (Å²) in [6, 6.07) is 12.1. The van der Waals surface area contributed by atoms with Crippen molar-refractivity contribution in [3.63, 3.8) is 0 Å². The van der Waals surface area contributed by atoms with Gasteiger partial charge in [0.05, 0.1) is 0 Å². The van der Waals surface area contributed by atoms with Gasteiger partial charge in [-0.15, -0.1) is 0 Å². The van der Waals surface area contributed by atoms with Crippen LogP contribution in [0.3, 0.4) is 0 Å². The fourth-order valence-electron chi connectivity index (χ4n) is 3.34. The molecule has 0 amide bonds. The number of rotatable bonds is 2. The third-order valence-electron chi connectivity index (χ3n) is 4.62. The summed E-state index contributed by atoms with van der Waals surface area (Å²) < 4.78 is 11.0. The molecule has 4 nitrogen and oxygen atoms in total. The summed E-state index contributed by atoms with van der Waals surface area (Å²) in [5.74, 6) is 2.03. The van der Waals surface area contributed by atoms with Crippen LogP contribution in [0.5, 0.6) is 17.2 Å². The molecule has 1 unspecified atom stereocenters. The quantitative estimate of drug-likeness (QED) is 0.925. The Morgan fingerprint density at radius 2 is 1.86 bits per heavy atom. The molecule has 0 saturated heterocycles. The lowest BCUT2D eigenvalue weighted by Gasteiger charge is -2.35. The minimum atomic E-state index is 0.310. The van der Waals surface area contributed by atoms with E-state index in [4.69, 9.17) is 9.47 Å². The van der Waals surface area contributed by atoms with Crippen molar-refractivity contribution in [2.75, 3.05) is 20.4 Å². The predicted molar refractivity (Wildman–Crippen MR) is 83.5 cm³/mol. The van der Waals surface area contributed by atoms with Gasteiger partial charge in [-0.05, 0) is 60.8 Å². The van der Waals surface area contributed by atoms with Crippen molar-refractivity contribution in [2.45, 2.75) is 18.9 Å². The van der Waals surface area contributed by atoms with Crippen LogP contribution in [0.25, 0.3) is 0 Å². The highest BCUT2D eigenvalue weighted by atomic mass is 16.7. The first-order valence-corrected chi connectivity index (χ1v) is 7.61. The summed E-state index contributed by atoms with van der Waals surface area (Å²) in [7, 11) is 2.17. The van der Waals surface area contributed by atoms with Gasteiger partial charge in [0.25, 0.3) is 0 Å². The minimum Gasteiger partial charge on any atom is -0.508 e. The second kappa shape index (κ2) is 5.21. The molecule has 114 valence electrons. The van der Waals surface area contributed by atoms with Gasteiger partial charge in [0.1, 0.15) is 5.75 Å². The number of fused-ring (bicyclic) bond motifs is 2. The van der Waals surface area contributed by atoms with E-state index in [2.05, 4.69) is 24.1 Å². The predicted octanol–water partition coefficient (Wildman–Crippen LogP) is 2.89. The number of hydrogen-bond acceptors (Lipinski definition) is 4. The summed E-state index contributed by atoms with van der Waals surface area (Å²) in [4.78, 5) is 2.39. The lowest BCUT2D eigenvalue weighted by Crippen LogP contribution is -2.33. The zero-order valence-electron chi connectivity index (χ0n) is 12.6. The third kappa shape index (κ3) is 2.29. The molecule has 2 aromatic carbocycles. The van der Waals surface area contributed by atoms with Crippen LogP contribution < -0.4 is 9.47 Å². The van der Waals surface area contributed by atoms with E-state index >= 15 is 0 Å². The van der Waals surface area contributed by atoms with Gasteiger partial charge in [0, 0.05) is 12.6 Å². The van der Waals surface area contributed by atoms with Gasteiger partial charge in [-0.3, -0.25) is 4.90 Å². The number of phenolic OH excluding ortho intramolecular Hbond substituents is 1. The maximum Gasteiger partial charge on any atom is 0.231 e. The van der Waals surface area contributed by atoms with E-state index in [1.165, 1.54) is 16.7 Å². The molecular weight excluding hydrogens is 278 g/mol. The van der Waals surface area contributed by atoms with E-state index in [-0.39, 0.29) is 0 Å². The van der Waals surface area contributed by atoms with Gasteiger partial charge in [0.2, 0.25) is 6.79 Å². The highest BCUT2D eigenvalue weighted by molar-refractivity contribution is 5.51. The highest BCUT2D eigenvalue weighted by Crippen LogP contribution is 2.41. The molecule has 2 aliphatic rings. The van der Waals surface area contributed by atoms with Gasteiger partial charge >= 0.3 is 0 Å². The zero-order valence-corrected chi connectivity index (χ0v) is 12.6. The van der Waals surface area contributed by atoms with E-state index in [9.17, 15) is 5.11 Å². The normalized spacial score (nSPS) is 20.0. The van der Waals surface area contributed by atoms with Gasteiger partial charge in [-0.2, -0.15) is 0 Å². The molecule has 1 atom stereocenters. The molecule has 2 heterocycles. The molecule has 0 fully saturated rings. The van der Waals surface area contributed by atoms with E-state index in [0.717, 1.165) is 30.9 Å². The topological polar surface area (TPSA) is 41.9 Å². The van der Waals surface area contributed by atoms with Crippen molar-refractivity contribution in [1.29, 1.82) is 0 Å². The van der Waals surface area contributed by atoms with Crippen LogP contribution in [0, 0.1) is 0 Å². The standard InChI is InChI=1S/C18H19NO3/c1-19-7-6-13-9-17-18(22-11-21-17)10-15(13)16(19)8-12-2-4-14(20)5-3-12/h2-5,9-10,16,20H,6-8,11H2,1H3. The number of hydrogen-bond donors (Lipinski definition) is 1. The molecule has 4 rings (SSSR count). The molecule has 0 spiro atoms. The molecule has 2 aliphatic heterocycles. The van der Waals surface area contributed by atoms with E-state index in [0.29, 0.717) is 18.6 Å². The smallest absolute Gasteiger partial charge is 0.231 e. The van der Waals surface area contributed by atoms with Gasteiger partial charge < -0.3 is 14.6 Å². The molecule has 1 N–H and O–H groups in total. The Kier molecular flexibility index (Phi) is 3.19. The number of benzene rings is 2. The molecule has 0 aromatic heterocycles. The molecule has 0 bridgehead atoms. The molecular formula is C18H19NO3. The summed E-state index contributed by atoms with van der Waals surface area (Å²) in [6.07, 6.45) is 1.96. The minimum absolute atomic E-state index is 0.310. The van der Waals surface area contributed by atoms with Crippen molar-refractivity contribution in [3.8, 4) is 17.2 Å². The first-order chi connectivity index (χ1) is 10.7. The second-order valence-electron chi connectivity index (χ2n) is 6.02. The number of likely N-dealkylation sites (N-methyl/N-ethyl adjacent to an activating group) is 1. The summed E-state index contributed by atoms with van der Waals surface area (Å²) >= 11 is 0. The molecule has 22 heavy (non-hydrogen) atoms. The third-order valence-corrected chi connectivity index (χ3v) is 4.62. The van der Waals surface area contributed by atoms with E-state index in [1.807, 2.05) is 12.1 Å². The Hall–Kier alpha value is -2.20. The van der Waals surface area contributed by atoms with Crippen LogP contribution >= 0.6 is 0 Å². The Morgan fingerprint density at radius 3 is 2.64 bits per heavy atom. The lowest BCUT2D eigenvalue weighted by atomic mass is 9.88. The fraction of sp³-hybridized carbons (Fsp3) is 0.333. The Labute approximate surface area is 129 Å². The van der Waals surface area contributed by atoms with Crippen LogP contribution in [0.2, 0.25) is 0 Å². The average Bonchev–Trinajstić information content (AvgIpc) is 2.97. The number of aromatic hydroxyl groups is 1. The number of phenols is 1. The van der Waals surface area contributed by atoms with Gasteiger partial charge in [-0.1, -0.05) is 12.1 Å². The van der Waals surface area contributed by atoms with Crippen LogP contribution in [-0.4, -0.2) is 30.4 Å². The number of nitrogens with zero attached hydrogens (tertiary/aromatic N) is 1.